The van der Waals surface area contributed by atoms with Gasteiger partial charge in [0.25, 0.3) is 5.84 Å². The Kier molecular flexibility index (Phi) is 9.05. The first kappa shape index (κ1) is 28.4. The normalized spacial score (nSPS) is 13.4. The van der Waals surface area contributed by atoms with Gasteiger partial charge in [0.15, 0.2) is 0 Å². The molecule has 0 aromatic heterocycles. The monoisotopic (exact) mass is 658 g/mol. The quantitative estimate of drug-likeness (QED) is 0.314. The number of hydrogen-bond acceptors (Lipinski definition) is 5. The number of nitrogens with zero attached hydrogens (tertiary/aromatic N) is 2. The zero-order valence-corrected chi connectivity index (χ0v) is 24.7. The molecule has 4 aromatic rings. The van der Waals surface area contributed by atoms with Crippen LogP contribution in [-0.2, 0) is 0 Å². The predicted octanol–water partition coefficient (Wildman–Crippen LogP) is 2.79. The van der Waals surface area contributed by atoms with Gasteiger partial charge in [-0.15, -0.1) is 10.2 Å². The number of amidine groups is 1. The molecule has 0 aliphatic carbocycles. The minimum absolute atomic E-state index is 1.02. The van der Waals surface area contributed by atoms with Gasteiger partial charge in [0.05, 0.1) is 19.7 Å². The third kappa shape index (κ3) is 7.09. The van der Waals surface area contributed by atoms with E-state index in [1.54, 1.807) is 0 Å². The molecule has 0 N–H and O–H groups in total. The Bertz CT molecular complexity index is 1370. The first-order valence-electron chi connectivity index (χ1n) is 11.7. The molecule has 1 aliphatic rings. The lowest BCUT2D eigenvalue weighted by molar-refractivity contribution is -2.00. The molecule has 38 heavy (non-hydrogen) atoms. The van der Waals surface area contributed by atoms with Crippen LogP contribution >= 0.6 is 31.9 Å². The van der Waals surface area contributed by atoms with E-state index in [2.05, 4.69) is 146 Å². The zero-order chi connectivity index (χ0) is 27.4. The van der Waals surface area contributed by atoms with Crippen molar-refractivity contribution in [2.75, 3.05) is 27.2 Å². The topological polar surface area (TPSA) is 98.5 Å². The number of halogens is 3. The summed E-state index contributed by atoms with van der Waals surface area (Å²) in [5.41, 5.74) is 8.64. The fraction of sp³-hybridized carbons (Fsp3) is 0.138. The number of likely N-dealkylation sites (N-methyl/N-ethyl adjacent to an activating group) is 2. The predicted molar refractivity (Wildman–Crippen MR) is 146 cm³/mol. The summed E-state index contributed by atoms with van der Waals surface area (Å²) >= 11 is 7.21. The van der Waals surface area contributed by atoms with E-state index < -0.39 is 10.2 Å². The maximum Gasteiger partial charge on any atom is 0.280 e. The second kappa shape index (κ2) is 12.1. The van der Waals surface area contributed by atoms with Crippen LogP contribution in [0, 0.1) is 10.2 Å². The third-order valence-corrected chi connectivity index (χ3v) is 7.33. The Morgan fingerprint density at radius 3 is 1.53 bits per heavy atom. The Morgan fingerprint density at radius 1 is 0.684 bits per heavy atom. The van der Waals surface area contributed by atoms with Crippen LogP contribution in [0.3, 0.4) is 0 Å². The summed E-state index contributed by atoms with van der Waals surface area (Å²) in [6, 6.07) is 32.7. The summed E-state index contributed by atoms with van der Waals surface area (Å²) < 4.78 is 38.5. The molecule has 196 valence electrons. The highest BCUT2D eigenvalue weighted by molar-refractivity contribution is 9.10. The van der Waals surface area contributed by atoms with Crippen LogP contribution in [0.2, 0.25) is 0 Å². The lowest BCUT2D eigenvalue weighted by Gasteiger charge is -2.19. The van der Waals surface area contributed by atoms with Gasteiger partial charge in [0.1, 0.15) is 13.1 Å². The second-order valence-electron chi connectivity index (χ2n) is 8.87. The van der Waals surface area contributed by atoms with Crippen molar-refractivity contribution in [2.24, 2.45) is 0 Å². The van der Waals surface area contributed by atoms with Crippen molar-refractivity contribution in [3.05, 3.63) is 106 Å². The molecule has 0 spiro atoms. The first-order chi connectivity index (χ1) is 18.0. The molecule has 0 radical (unpaired) electrons. The summed E-state index contributed by atoms with van der Waals surface area (Å²) in [5.74, 6) is 1.27. The number of hydrogen-bond donors (Lipinski definition) is 0. The summed E-state index contributed by atoms with van der Waals surface area (Å²) in [6.45, 7) is 2.04. The molecule has 0 fully saturated rings. The van der Waals surface area contributed by atoms with Crippen LogP contribution in [-0.4, -0.2) is 42.5 Å². The highest BCUT2D eigenvalue weighted by Crippen LogP contribution is 2.39. The molecule has 0 bridgehead atoms. The van der Waals surface area contributed by atoms with Crippen LogP contribution in [0.5, 0.6) is 0 Å². The van der Waals surface area contributed by atoms with Crippen molar-refractivity contribution >= 4 is 37.7 Å². The third-order valence-electron chi connectivity index (χ3n) is 6.27. The molecule has 6 nitrogen and oxygen atoms in total. The molecule has 1 heterocycles. The van der Waals surface area contributed by atoms with Crippen LogP contribution in [0.4, 0.5) is 0 Å². The van der Waals surface area contributed by atoms with E-state index in [1.165, 1.54) is 44.8 Å². The van der Waals surface area contributed by atoms with Gasteiger partial charge >= 0.3 is 0 Å². The van der Waals surface area contributed by atoms with Crippen molar-refractivity contribution in [1.82, 2.24) is 4.90 Å². The zero-order valence-electron chi connectivity index (χ0n) is 20.7. The van der Waals surface area contributed by atoms with Gasteiger partial charge in [-0.3, -0.25) is 9.48 Å². The maximum absolute atomic E-state index is 8.49. The van der Waals surface area contributed by atoms with E-state index in [0.717, 1.165) is 22.0 Å². The number of rotatable bonds is 4. The molecule has 9 heteroatoms. The molecule has 1 aliphatic heterocycles. The Labute approximate surface area is 241 Å². The molecule has 4 aromatic carbocycles. The van der Waals surface area contributed by atoms with E-state index in [0.29, 0.717) is 0 Å². The average molecular weight is 661 g/mol. The highest BCUT2D eigenvalue weighted by atomic mass is 79.9. The van der Waals surface area contributed by atoms with Gasteiger partial charge in [-0.1, -0.05) is 86.5 Å². The van der Waals surface area contributed by atoms with E-state index in [9.17, 15) is 0 Å². The van der Waals surface area contributed by atoms with Crippen molar-refractivity contribution in [1.29, 1.82) is 0 Å². The summed E-state index contributed by atoms with van der Waals surface area (Å²) in [6.07, 6.45) is 0. The molecule has 0 saturated heterocycles. The molecule has 0 atom stereocenters. The van der Waals surface area contributed by atoms with E-state index in [1.807, 2.05) is 0 Å². The average Bonchev–Trinajstić information content (AvgIpc) is 3.21. The molecule has 5 rings (SSSR count). The van der Waals surface area contributed by atoms with E-state index in [-0.39, 0.29) is 0 Å². The molecular weight excluding hydrogens is 636 g/mol. The van der Waals surface area contributed by atoms with Crippen LogP contribution in [0.1, 0.15) is 5.56 Å². The van der Waals surface area contributed by atoms with Crippen LogP contribution < -0.4 is 18.6 Å². The summed E-state index contributed by atoms with van der Waals surface area (Å²) in [7, 11) is -0.554. The fourth-order valence-electron chi connectivity index (χ4n) is 4.58. The minimum Gasteiger partial charge on any atom is -0.260 e. The fourth-order valence-corrected chi connectivity index (χ4v) is 5.11. The van der Waals surface area contributed by atoms with Gasteiger partial charge in [0.2, 0.25) is 0 Å². The second-order valence-corrected chi connectivity index (χ2v) is 11.5. The SMILES string of the molecule is CN1CC[N+](C)=C1c1c(-c2ccc(Br)cc2)cc(-c2ccccc2)cc1-c1ccc(Br)cc1.[O-][Cl+3]([O-])([O-])[O-]. The minimum atomic E-state index is -4.94. The first-order valence-corrected chi connectivity index (χ1v) is 14.5. The highest BCUT2D eigenvalue weighted by Gasteiger charge is 2.32. The van der Waals surface area contributed by atoms with Crippen molar-refractivity contribution in [2.45, 2.75) is 0 Å². The van der Waals surface area contributed by atoms with Gasteiger partial charge in [-0.25, -0.2) is 18.6 Å². The smallest absolute Gasteiger partial charge is 0.260 e. The lowest BCUT2D eigenvalue weighted by Crippen LogP contribution is -2.68. The molecule has 0 amide bonds. The standard InChI is InChI=1S/C29H25Br2N2.ClHO4/c1-32-16-17-33(2)29(32)28-26(21-8-12-24(30)13-9-21)18-23(20-6-4-3-5-7-20)19-27(28)22-10-14-25(31)15-11-22;2-1(3,4)5/h3-15,18-19H,16-17H2,1-2H3;(H,2,3,4,5)/q+1;/p-1. The van der Waals surface area contributed by atoms with E-state index >= 15 is 0 Å². The summed E-state index contributed by atoms with van der Waals surface area (Å²) in [4.78, 5) is 2.38. The lowest BCUT2D eigenvalue weighted by atomic mass is 9.87. The van der Waals surface area contributed by atoms with Crippen LogP contribution in [0.15, 0.2) is 99.9 Å². The Hall–Kier alpha value is -2.56. The Balaban J connectivity index is 0.000000617. The Morgan fingerprint density at radius 2 is 1.13 bits per heavy atom. The van der Waals surface area contributed by atoms with Gasteiger partial charge < -0.3 is 0 Å². The maximum atomic E-state index is 8.49. The van der Waals surface area contributed by atoms with Gasteiger partial charge in [0, 0.05) is 8.95 Å². The summed E-state index contributed by atoms with van der Waals surface area (Å²) in [5, 5.41) is 0. The van der Waals surface area contributed by atoms with Crippen molar-refractivity contribution in [3.8, 4) is 33.4 Å². The largest absolute Gasteiger partial charge is 0.280 e. The molecular formula is C29H25Br2ClN2O4. The van der Waals surface area contributed by atoms with E-state index in [4.69, 9.17) is 18.6 Å². The number of benzene rings is 4. The van der Waals surface area contributed by atoms with Gasteiger partial charge in [-0.05, 0) is 69.8 Å². The van der Waals surface area contributed by atoms with Crippen LogP contribution in [0.25, 0.3) is 33.4 Å². The molecule has 0 unspecified atom stereocenters. The van der Waals surface area contributed by atoms with Crippen molar-refractivity contribution in [3.63, 3.8) is 0 Å². The molecule has 0 saturated carbocycles. The van der Waals surface area contributed by atoms with Gasteiger partial charge in [-0.2, -0.15) is 0 Å². The van der Waals surface area contributed by atoms with Crippen molar-refractivity contribution < 1.29 is 33.5 Å².